The van der Waals surface area contributed by atoms with Crippen LogP contribution in [0.1, 0.15) is 38.3 Å². The van der Waals surface area contributed by atoms with Crippen LogP contribution in [0.15, 0.2) is 12.1 Å². The Morgan fingerprint density at radius 1 is 1.44 bits per heavy atom. The Morgan fingerprint density at radius 3 is 2.78 bits per heavy atom. The number of methoxy groups -OCH3 is 1. The summed E-state index contributed by atoms with van der Waals surface area (Å²) >= 11 is 0. The molecule has 0 bridgehead atoms. The molecule has 1 heterocycles. The van der Waals surface area contributed by atoms with Gasteiger partial charge < -0.3 is 9.47 Å². The van der Waals surface area contributed by atoms with E-state index in [0.717, 1.165) is 35.5 Å². The van der Waals surface area contributed by atoms with Crippen molar-refractivity contribution in [3.63, 3.8) is 0 Å². The van der Waals surface area contributed by atoms with E-state index >= 15 is 0 Å². The molecule has 3 nitrogen and oxygen atoms in total. The first-order valence-corrected chi connectivity index (χ1v) is 6.29. The minimum Gasteiger partial charge on any atom is -0.496 e. The highest BCUT2D eigenvalue weighted by atomic mass is 16.5. The highest BCUT2D eigenvalue weighted by Crippen LogP contribution is 2.39. The van der Waals surface area contributed by atoms with Crippen molar-refractivity contribution in [1.82, 2.24) is 0 Å². The van der Waals surface area contributed by atoms with Gasteiger partial charge in [-0.15, -0.1) is 0 Å². The topological polar surface area (TPSA) is 35.5 Å². The van der Waals surface area contributed by atoms with Gasteiger partial charge in [-0.3, -0.25) is 4.79 Å². The van der Waals surface area contributed by atoms with Gasteiger partial charge >= 0.3 is 0 Å². The van der Waals surface area contributed by atoms with Crippen LogP contribution in [0, 0.1) is 0 Å². The van der Waals surface area contributed by atoms with E-state index < -0.39 is 0 Å². The van der Waals surface area contributed by atoms with E-state index in [1.54, 1.807) is 14.0 Å². The monoisotopic (exact) mass is 248 g/mol. The molecule has 1 aliphatic rings. The predicted octanol–water partition coefficient (Wildman–Crippen LogP) is 2.93. The molecule has 0 spiro atoms. The van der Waals surface area contributed by atoms with Gasteiger partial charge in [-0.1, -0.05) is 0 Å². The quantitative estimate of drug-likeness (QED) is 0.825. The van der Waals surface area contributed by atoms with Gasteiger partial charge in [0.05, 0.1) is 7.11 Å². The molecule has 0 radical (unpaired) electrons. The number of benzene rings is 1. The summed E-state index contributed by atoms with van der Waals surface area (Å²) in [6.45, 7) is 5.76. The molecule has 1 aromatic carbocycles. The third-order valence-electron chi connectivity index (χ3n) is 3.26. The zero-order valence-corrected chi connectivity index (χ0v) is 11.5. The fourth-order valence-electron chi connectivity index (χ4n) is 2.36. The minimum absolute atomic E-state index is 0.145. The van der Waals surface area contributed by atoms with Crippen molar-refractivity contribution < 1.29 is 14.3 Å². The second kappa shape index (κ2) is 4.63. The molecule has 0 atom stereocenters. The molecule has 0 unspecified atom stereocenters. The van der Waals surface area contributed by atoms with E-state index in [4.69, 9.17) is 9.47 Å². The smallest absolute Gasteiger partial charge is 0.134 e. The average molecular weight is 248 g/mol. The second-order valence-corrected chi connectivity index (χ2v) is 5.52. The standard InChI is InChI=1S/C15H20O3/c1-10(16)7-11-8-13(17-4)12-5-6-15(2,3)18-14(12)9-11/h8-9H,5-7H2,1-4H3. The molecule has 0 amide bonds. The van der Waals surface area contributed by atoms with Gasteiger partial charge in [-0.2, -0.15) is 0 Å². The number of ketones is 1. The lowest BCUT2D eigenvalue weighted by molar-refractivity contribution is -0.116. The summed E-state index contributed by atoms with van der Waals surface area (Å²) in [7, 11) is 1.66. The molecule has 0 saturated heterocycles. The van der Waals surface area contributed by atoms with Crippen LogP contribution in [0.2, 0.25) is 0 Å². The van der Waals surface area contributed by atoms with Crippen molar-refractivity contribution in [3.05, 3.63) is 23.3 Å². The average Bonchev–Trinajstić information content (AvgIpc) is 2.25. The van der Waals surface area contributed by atoms with Crippen LogP contribution in [-0.4, -0.2) is 18.5 Å². The van der Waals surface area contributed by atoms with Gasteiger partial charge in [0.2, 0.25) is 0 Å². The second-order valence-electron chi connectivity index (χ2n) is 5.52. The Morgan fingerprint density at radius 2 is 2.17 bits per heavy atom. The SMILES string of the molecule is COc1cc(CC(C)=O)cc2c1CCC(C)(C)O2. The van der Waals surface area contributed by atoms with Gasteiger partial charge in [-0.05, 0) is 51.3 Å². The van der Waals surface area contributed by atoms with E-state index in [0.29, 0.717) is 6.42 Å². The molecule has 0 aliphatic carbocycles. The highest BCUT2D eigenvalue weighted by Gasteiger charge is 2.28. The summed E-state index contributed by atoms with van der Waals surface area (Å²) in [6, 6.07) is 3.92. The number of fused-ring (bicyclic) bond motifs is 1. The van der Waals surface area contributed by atoms with Crippen LogP contribution in [0.5, 0.6) is 11.5 Å². The number of carbonyl (C=O) groups is 1. The summed E-state index contributed by atoms with van der Waals surface area (Å²) in [5.74, 6) is 1.84. The first kappa shape index (κ1) is 12.9. The molecule has 0 aromatic heterocycles. The maximum atomic E-state index is 11.2. The molecule has 0 fully saturated rings. The molecule has 2 rings (SSSR count). The Kier molecular flexibility index (Phi) is 3.33. The van der Waals surface area contributed by atoms with Crippen LogP contribution in [0.4, 0.5) is 0 Å². The van der Waals surface area contributed by atoms with E-state index in [1.165, 1.54) is 0 Å². The fraction of sp³-hybridized carbons (Fsp3) is 0.533. The maximum absolute atomic E-state index is 11.2. The number of Topliss-reactive ketones (excluding diaryl/α,β-unsaturated/α-hetero) is 1. The molecule has 1 aliphatic heterocycles. The summed E-state index contributed by atoms with van der Waals surface area (Å²) in [5, 5.41) is 0. The zero-order chi connectivity index (χ0) is 13.3. The van der Waals surface area contributed by atoms with Gasteiger partial charge in [-0.25, -0.2) is 0 Å². The highest BCUT2D eigenvalue weighted by molar-refractivity contribution is 5.78. The predicted molar refractivity (Wildman–Crippen MR) is 70.4 cm³/mol. The minimum atomic E-state index is -0.146. The largest absolute Gasteiger partial charge is 0.496 e. The Bertz CT molecular complexity index is 475. The van der Waals surface area contributed by atoms with Crippen molar-refractivity contribution in [2.75, 3.05) is 7.11 Å². The Labute approximate surface area is 108 Å². The lowest BCUT2D eigenvalue weighted by Gasteiger charge is -2.33. The molecular formula is C15H20O3. The number of carbonyl (C=O) groups excluding carboxylic acids is 1. The van der Waals surface area contributed by atoms with Crippen molar-refractivity contribution in [2.45, 2.75) is 45.6 Å². The van der Waals surface area contributed by atoms with Crippen molar-refractivity contribution in [1.29, 1.82) is 0 Å². The van der Waals surface area contributed by atoms with Crippen LogP contribution in [0.25, 0.3) is 0 Å². The van der Waals surface area contributed by atoms with Crippen LogP contribution in [-0.2, 0) is 17.6 Å². The summed E-state index contributed by atoms with van der Waals surface area (Å²) in [6.07, 6.45) is 2.35. The van der Waals surface area contributed by atoms with Crippen LogP contribution in [0.3, 0.4) is 0 Å². The van der Waals surface area contributed by atoms with Crippen molar-refractivity contribution in [3.8, 4) is 11.5 Å². The first-order chi connectivity index (χ1) is 8.41. The molecular weight excluding hydrogens is 228 g/mol. The van der Waals surface area contributed by atoms with Gasteiger partial charge in [0.15, 0.2) is 0 Å². The van der Waals surface area contributed by atoms with Crippen LogP contribution >= 0.6 is 0 Å². The third-order valence-corrected chi connectivity index (χ3v) is 3.26. The van der Waals surface area contributed by atoms with Crippen LogP contribution < -0.4 is 9.47 Å². The van der Waals surface area contributed by atoms with E-state index in [-0.39, 0.29) is 11.4 Å². The normalized spacial score (nSPS) is 16.7. The van der Waals surface area contributed by atoms with Gasteiger partial charge in [0.1, 0.15) is 22.9 Å². The molecule has 18 heavy (non-hydrogen) atoms. The Hall–Kier alpha value is -1.51. The molecule has 3 heteroatoms. The summed E-state index contributed by atoms with van der Waals surface area (Å²) in [4.78, 5) is 11.2. The molecule has 98 valence electrons. The van der Waals surface area contributed by atoms with Gasteiger partial charge in [0.25, 0.3) is 0 Å². The van der Waals surface area contributed by atoms with E-state index in [2.05, 4.69) is 13.8 Å². The zero-order valence-electron chi connectivity index (χ0n) is 11.5. The number of ether oxygens (including phenoxy) is 2. The maximum Gasteiger partial charge on any atom is 0.134 e. The first-order valence-electron chi connectivity index (χ1n) is 6.29. The lowest BCUT2D eigenvalue weighted by atomic mass is 9.92. The molecule has 0 saturated carbocycles. The van der Waals surface area contributed by atoms with Crippen molar-refractivity contribution >= 4 is 5.78 Å². The summed E-state index contributed by atoms with van der Waals surface area (Å²) in [5.41, 5.74) is 1.92. The number of hydrogen-bond donors (Lipinski definition) is 0. The third kappa shape index (κ3) is 2.66. The summed E-state index contributed by atoms with van der Waals surface area (Å²) < 4.78 is 11.4. The Balaban J connectivity index is 2.42. The number of hydrogen-bond acceptors (Lipinski definition) is 3. The van der Waals surface area contributed by atoms with Crippen molar-refractivity contribution in [2.24, 2.45) is 0 Å². The lowest BCUT2D eigenvalue weighted by Crippen LogP contribution is -2.32. The van der Waals surface area contributed by atoms with Gasteiger partial charge in [0, 0.05) is 12.0 Å². The van der Waals surface area contributed by atoms with E-state index in [9.17, 15) is 4.79 Å². The number of rotatable bonds is 3. The molecule has 1 aromatic rings. The molecule has 0 N–H and O–H groups in total. The van der Waals surface area contributed by atoms with E-state index in [1.807, 2.05) is 12.1 Å². The fourth-order valence-corrected chi connectivity index (χ4v) is 2.36.